The number of carbonyl (C=O) groups excluding carboxylic acids is 1. The molecule has 0 bridgehead atoms. The SMILES string of the molecule is CCCCCCC(O)/C=C/C1CCC(=O)C1CC#CCCC(=O)O. The first-order valence-electron chi connectivity index (χ1n) is 9.11. The normalized spacial score (nSPS) is 21.7. The lowest BCUT2D eigenvalue weighted by Crippen LogP contribution is -2.13. The average Bonchev–Trinajstić information content (AvgIpc) is 2.89. The number of carboxylic acid groups (broad SMARTS) is 1. The fourth-order valence-corrected chi connectivity index (χ4v) is 3.02. The molecule has 0 saturated heterocycles. The van der Waals surface area contributed by atoms with Crippen LogP contribution >= 0.6 is 0 Å². The summed E-state index contributed by atoms with van der Waals surface area (Å²) in [5.41, 5.74) is 0. The number of ketones is 1. The molecule has 1 aliphatic rings. The predicted octanol–water partition coefficient (Wildman–Crippen LogP) is 3.73. The number of rotatable bonds is 10. The Morgan fingerprint density at radius 2 is 2.12 bits per heavy atom. The van der Waals surface area contributed by atoms with Gasteiger partial charge in [0.2, 0.25) is 0 Å². The highest BCUT2D eigenvalue weighted by Gasteiger charge is 2.32. The maximum Gasteiger partial charge on any atom is 0.304 e. The molecule has 0 aromatic carbocycles. The van der Waals surface area contributed by atoms with Crippen LogP contribution in [-0.2, 0) is 9.59 Å². The number of aliphatic hydroxyl groups is 1. The van der Waals surface area contributed by atoms with Gasteiger partial charge < -0.3 is 10.2 Å². The molecule has 0 spiro atoms. The summed E-state index contributed by atoms with van der Waals surface area (Å²) in [7, 11) is 0. The highest BCUT2D eigenvalue weighted by molar-refractivity contribution is 5.84. The van der Waals surface area contributed by atoms with Crippen LogP contribution in [0.4, 0.5) is 0 Å². The molecule has 0 heterocycles. The van der Waals surface area contributed by atoms with E-state index < -0.39 is 12.1 Å². The molecule has 3 atom stereocenters. The van der Waals surface area contributed by atoms with Crippen LogP contribution in [-0.4, -0.2) is 28.1 Å². The van der Waals surface area contributed by atoms with Crippen LogP contribution in [0.2, 0.25) is 0 Å². The minimum atomic E-state index is -0.852. The van der Waals surface area contributed by atoms with Crippen molar-refractivity contribution in [3.8, 4) is 11.8 Å². The molecular formula is C20H30O4. The van der Waals surface area contributed by atoms with Crippen molar-refractivity contribution >= 4 is 11.8 Å². The van der Waals surface area contributed by atoms with Gasteiger partial charge in [-0.25, -0.2) is 0 Å². The number of aliphatic hydroxyl groups excluding tert-OH is 1. The van der Waals surface area contributed by atoms with Gasteiger partial charge in [0.15, 0.2) is 0 Å². The fourth-order valence-electron chi connectivity index (χ4n) is 3.02. The van der Waals surface area contributed by atoms with Crippen molar-refractivity contribution < 1.29 is 19.8 Å². The van der Waals surface area contributed by atoms with Gasteiger partial charge in [-0.15, -0.1) is 11.8 Å². The van der Waals surface area contributed by atoms with Gasteiger partial charge in [-0.2, -0.15) is 0 Å². The van der Waals surface area contributed by atoms with E-state index in [0.29, 0.717) is 19.3 Å². The van der Waals surface area contributed by atoms with Crippen molar-refractivity contribution in [2.45, 2.75) is 77.2 Å². The van der Waals surface area contributed by atoms with Gasteiger partial charge in [-0.3, -0.25) is 9.59 Å². The molecule has 0 aromatic heterocycles. The van der Waals surface area contributed by atoms with Crippen molar-refractivity contribution in [2.24, 2.45) is 11.8 Å². The molecule has 1 fully saturated rings. The summed E-state index contributed by atoms with van der Waals surface area (Å²) in [5.74, 6) is 5.20. The van der Waals surface area contributed by atoms with E-state index in [9.17, 15) is 14.7 Å². The number of hydrogen-bond acceptors (Lipinski definition) is 3. The molecule has 0 amide bonds. The van der Waals surface area contributed by atoms with E-state index in [1.54, 1.807) is 0 Å². The van der Waals surface area contributed by atoms with Crippen LogP contribution in [0, 0.1) is 23.7 Å². The van der Waals surface area contributed by atoms with E-state index in [1.807, 2.05) is 12.2 Å². The number of Topliss-reactive ketones (excluding diaryl/α,β-unsaturated/α-hetero) is 1. The van der Waals surface area contributed by atoms with E-state index in [0.717, 1.165) is 25.7 Å². The number of unbranched alkanes of at least 4 members (excludes halogenated alkanes) is 3. The fraction of sp³-hybridized carbons (Fsp3) is 0.700. The van der Waals surface area contributed by atoms with Crippen LogP contribution in [0.25, 0.3) is 0 Å². The Morgan fingerprint density at radius 1 is 1.33 bits per heavy atom. The molecule has 0 aromatic rings. The maximum atomic E-state index is 12.0. The van der Waals surface area contributed by atoms with E-state index in [1.165, 1.54) is 12.8 Å². The van der Waals surface area contributed by atoms with Crippen molar-refractivity contribution in [1.29, 1.82) is 0 Å². The summed E-state index contributed by atoms with van der Waals surface area (Å²) in [5, 5.41) is 18.6. The number of carboxylic acids is 1. The minimum absolute atomic E-state index is 0.0408. The Kier molecular flexibility index (Phi) is 10.1. The Hall–Kier alpha value is -1.60. The van der Waals surface area contributed by atoms with Crippen LogP contribution in [0.5, 0.6) is 0 Å². The highest BCUT2D eigenvalue weighted by Crippen LogP contribution is 2.32. The van der Waals surface area contributed by atoms with E-state index in [4.69, 9.17) is 5.11 Å². The second-order valence-corrected chi connectivity index (χ2v) is 6.53. The van der Waals surface area contributed by atoms with Crippen LogP contribution < -0.4 is 0 Å². The molecule has 0 aliphatic heterocycles. The zero-order chi connectivity index (χ0) is 17.8. The zero-order valence-corrected chi connectivity index (χ0v) is 14.7. The molecule has 134 valence electrons. The third-order valence-electron chi connectivity index (χ3n) is 4.50. The molecule has 1 rings (SSSR count). The molecule has 4 heteroatoms. The lowest BCUT2D eigenvalue weighted by Gasteiger charge is -2.13. The molecule has 1 aliphatic carbocycles. The third kappa shape index (κ3) is 8.31. The highest BCUT2D eigenvalue weighted by atomic mass is 16.4. The third-order valence-corrected chi connectivity index (χ3v) is 4.50. The van der Waals surface area contributed by atoms with Crippen LogP contribution in [0.3, 0.4) is 0 Å². The first kappa shape index (κ1) is 20.4. The summed E-state index contributed by atoms with van der Waals surface area (Å²) >= 11 is 0. The van der Waals surface area contributed by atoms with Gasteiger partial charge in [-0.1, -0.05) is 44.8 Å². The van der Waals surface area contributed by atoms with Crippen LogP contribution in [0.1, 0.15) is 71.1 Å². The molecule has 2 N–H and O–H groups in total. The van der Waals surface area contributed by atoms with Gasteiger partial charge in [0.25, 0.3) is 0 Å². The lowest BCUT2D eigenvalue weighted by molar-refractivity contribution is -0.136. The average molecular weight is 334 g/mol. The second-order valence-electron chi connectivity index (χ2n) is 6.53. The lowest BCUT2D eigenvalue weighted by atomic mass is 9.91. The molecule has 0 radical (unpaired) electrons. The van der Waals surface area contributed by atoms with E-state index in [-0.39, 0.29) is 24.0 Å². The first-order valence-corrected chi connectivity index (χ1v) is 9.11. The molecule has 4 nitrogen and oxygen atoms in total. The monoisotopic (exact) mass is 334 g/mol. The summed E-state index contributed by atoms with van der Waals surface area (Å²) in [4.78, 5) is 22.4. The summed E-state index contributed by atoms with van der Waals surface area (Å²) < 4.78 is 0. The van der Waals surface area contributed by atoms with Gasteiger partial charge in [0.05, 0.1) is 12.5 Å². The second kappa shape index (κ2) is 11.9. The van der Waals surface area contributed by atoms with Gasteiger partial charge >= 0.3 is 5.97 Å². The maximum absolute atomic E-state index is 12.0. The smallest absolute Gasteiger partial charge is 0.304 e. The Morgan fingerprint density at radius 3 is 2.83 bits per heavy atom. The molecule has 24 heavy (non-hydrogen) atoms. The van der Waals surface area contributed by atoms with Crippen LogP contribution in [0.15, 0.2) is 12.2 Å². The number of allylic oxidation sites excluding steroid dienone is 1. The molecular weight excluding hydrogens is 304 g/mol. The summed E-state index contributed by atoms with van der Waals surface area (Å²) in [6.45, 7) is 2.16. The summed E-state index contributed by atoms with van der Waals surface area (Å²) in [6.07, 6.45) is 11.0. The predicted molar refractivity (Wildman–Crippen MR) is 94.4 cm³/mol. The van der Waals surface area contributed by atoms with Gasteiger partial charge in [-0.05, 0) is 18.8 Å². The van der Waals surface area contributed by atoms with E-state index in [2.05, 4.69) is 18.8 Å². The van der Waals surface area contributed by atoms with Crippen molar-refractivity contribution in [2.75, 3.05) is 0 Å². The Labute approximate surface area is 145 Å². The van der Waals surface area contributed by atoms with Crippen molar-refractivity contribution in [3.05, 3.63) is 12.2 Å². The Bertz CT molecular complexity index is 484. The van der Waals surface area contributed by atoms with Crippen molar-refractivity contribution in [1.82, 2.24) is 0 Å². The molecule has 1 saturated carbocycles. The summed E-state index contributed by atoms with van der Waals surface area (Å²) in [6, 6.07) is 0. The first-order chi connectivity index (χ1) is 11.5. The number of hydrogen-bond donors (Lipinski definition) is 2. The largest absolute Gasteiger partial charge is 0.481 e. The minimum Gasteiger partial charge on any atom is -0.481 e. The van der Waals surface area contributed by atoms with E-state index >= 15 is 0 Å². The molecule has 3 unspecified atom stereocenters. The van der Waals surface area contributed by atoms with Gasteiger partial charge in [0, 0.05) is 25.2 Å². The quantitative estimate of drug-likeness (QED) is 0.363. The number of carbonyl (C=O) groups is 2. The zero-order valence-electron chi connectivity index (χ0n) is 14.7. The topological polar surface area (TPSA) is 74.6 Å². The number of aliphatic carboxylic acids is 1. The standard InChI is InChI=1S/C20H30O4/c1-2-3-4-6-9-17(21)14-12-16-13-15-19(22)18(16)10-7-5-8-11-20(23)24/h12,14,16-18,21H,2-4,6,8-11,13,15H2,1H3,(H,23,24)/b14-12+. The van der Waals surface area contributed by atoms with Gasteiger partial charge in [0.1, 0.15) is 5.78 Å². The van der Waals surface area contributed by atoms with Crippen molar-refractivity contribution in [3.63, 3.8) is 0 Å². The Balaban J connectivity index is 2.40.